The Bertz CT molecular complexity index is 2180. The van der Waals surface area contributed by atoms with Gasteiger partial charge in [-0.25, -0.2) is 8.42 Å². The molecular weight excluding hydrogens is 590 g/mol. The van der Waals surface area contributed by atoms with Gasteiger partial charge in [0.15, 0.2) is 23.4 Å². The number of ether oxygens (including phenoxy) is 2. The summed E-state index contributed by atoms with van der Waals surface area (Å²) >= 11 is 0. The van der Waals surface area contributed by atoms with Crippen molar-refractivity contribution in [3.05, 3.63) is 108 Å². The Morgan fingerprint density at radius 1 is 0.711 bits per heavy atom. The molecule has 0 aliphatic rings. The number of aryl methyl sites for hydroxylation is 3. The van der Waals surface area contributed by atoms with Gasteiger partial charge in [0.2, 0.25) is 5.52 Å². The van der Waals surface area contributed by atoms with Crippen LogP contribution in [-0.4, -0.2) is 33.2 Å². The number of nitrogens with zero attached hydrogens (tertiary/aromatic N) is 1. The van der Waals surface area contributed by atoms with Crippen LogP contribution in [0.15, 0.2) is 91.1 Å². The topological polar surface area (TPSA) is 106 Å². The third-order valence-corrected chi connectivity index (χ3v) is 8.28. The Balaban J connectivity index is 0.000000444. The molecule has 8 nitrogen and oxygen atoms in total. The molecule has 6 aromatic rings. The van der Waals surface area contributed by atoms with E-state index in [2.05, 4.69) is 114 Å². The van der Waals surface area contributed by atoms with E-state index in [0.29, 0.717) is 0 Å². The van der Waals surface area contributed by atoms with E-state index in [0.717, 1.165) is 45.8 Å². The van der Waals surface area contributed by atoms with Crippen LogP contribution < -0.4 is 13.9 Å². The number of rotatable bonds is 5. The molecule has 45 heavy (non-hydrogen) atoms. The fraction of sp³-hybridized carbons (Fsp3) is 0.167. The summed E-state index contributed by atoms with van der Waals surface area (Å²) in [5.74, 6) is 0.373. The average Bonchev–Trinajstić information content (AvgIpc) is 3.00. The summed E-state index contributed by atoms with van der Waals surface area (Å²) in [6, 6.07) is 30.4. The molecule has 6 rings (SSSR count). The van der Waals surface area contributed by atoms with Crippen LogP contribution in [0.1, 0.15) is 23.7 Å². The number of hydrogen-bond acceptors (Lipinski definition) is 7. The van der Waals surface area contributed by atoms with Gasteiger partial charge in [0, 0.05) is 42.3 Å². The van der Waals surface area contributed by atoms with Crippen molar-refractivity contribution in [2.24, 2.45) is 0 Å². The van der Waals surface area contributed by atoms with Crippen LogP contribution in [0, 0.1) is 20.8 Å². The second-order valence-electron chi connectivity index (χ2n) is 10.7. The molecule has 2 heterocycles. The van der Waals surface area contributed by atoms with Crippen molar-refractivity contribution in [2.45, 2.75) is 27.7 Å². The van der Waals surface area contributed by atoms with Gasteiger partial charge < -0.3 is 18.2 Å². The lowest BCUT2D eigenvalue weighted by molar-refractivity contribution is -0.516. The van der Waals surface area contributed by atoms with Crippen LogP contribution in [0.4, 0.5) is 0 Å². The molecule has 4 aromatic carbocycles. The maximum absolute atomic E-state index is 9.66. The van der Waals surface area contributed by atoms with Gasteiger partial charge in [-0.05, 0) is 59.2 Å². The van der Waals surface area contributed by atoms with Crippen LogP contribution in [-0.2, 0) is 19.4 Å². The molecule has 0 saturated carbocycles. The Labute approximate surface area is 262 Å². The Hall–Kier alpha value is -4.99. The highest BCUT2D eigenvalue weighted by atomic mass is 32.3. The second-order valence-corrected chi connectivity index (χ2v) is 11.7. The minimum absolute atomic E-state index is 0.746. The molecule has 0 atom stereocenters. The summed E-state index contributed by atoms with van der Waals surface area (Å²) in [5, 5.41) is 4.69. The van der Waals surface area contributed by atoms with E-state index in [-0.39, 0.29) is 0 Å². The van der Waals surface area contributed by atoms with Gasteiger partial charge in [-0.15, -0.1) is 0 Å². The molecular formula is C36H33NO7S. The van der Waals surface area contributed by atoms with Crippen molar-refractivity contribution in [1.82, 2.24) is 0 Å². The molecule has 0 spiro atoms. The molecule has 0 radical (unpaired) electrons. The molecule has 0 N–H and O–H groups in total. The summed E-state index contributed by atoms with van der Waals surface area (Å²) in [6.07, 6.45) is 2.14. The minimum atomic E-state index is -4.82. The number of fused-ring (bicyclic) bond motifs is 4. The van der Waals surface area contributed by atoms with Crippen molar-refractivity contribution >= 4 is 43.4 Å². The SMILES string of the molecule is CC(=O)OS(=O)(=O)[O-].COc1c(-c2ccc(-c3ccccc3)cc2)cc2c(cc[n+]3c(C)c4cc(C)c(C)cc4cc23)c1OC. The average molecular weight is 624 g/mol. The normalized spacial score (nSPS) is 11.3. The van der Waals surface area contributed by atoms with Crippen molar-refractivity contribution in [3.8, 4) is 33.8 Å². The number of carbonyl (C=O) groups excluding carboxylic acids is 1. The largest absolute Gasteiger partial charge is 0.716 e. The standard InChI is InChI=1S/C34H30NO2.C2H4O5S/c1-21-17-27-19-32-31-20-30(26-13-11-25(12-14-26)24-9-7-6-8-10-24)34(37-5)33(36-4)28(31)15-16-35(32)23(3)29(27)18-22(21)2;1-2(3)7-8(4,5)6/h6-20H,1-5H3;1H3,(H,4,5,6)/q+1;/p-1. The highest BCUT2D eigenvalue weighted by Gasteiger charge is 2.22. The first-order valence-electron chi connectivity index (χ1n) is 14.2. The van der Waals surface area contributed by atoms with Crippen molar-refractivity contribution < 1.29 is 35.8 Å². The van der Waals surface area contributed by atoms with E-state index in [4.69, 9.17) is 9.47 Å². The van der Waals surface area contributed by atoms with E-state index in [1.807, 2.05) is 6.07 Å². The fourth-order valence-electron chi connectivity index (χ4n) is 5.62. The third-order valence-electron chi connectivity index (χ3n) is 7.84. The first kappa shape index (κ1) is 31.4. The van der Waals surface area contributed by atoms with Crippen molar-refractivity contribution in [2.75, 3.05) is 14.2 Å². The van der Waals surface area contributed by atoms with Gasteiger partial charge in [0.25, 0.3) is 10.4 Å². The number of methoxy groups -OCH3 is 2. The third kappa shape index (κ3) is 6.45. The Morgan fingerprint density at radius 2 is 1.31 bits per heavy atom. The molecule has 0 unspecified atom stereocenters. The summed E-state index contributed by atoms with van der Waals surface area (Å²) in [4.78, 5) is 9.66. The maximum atomic E-state index is 9.66. The number of pyridine rings is 2. The Morgan fingerprint density at radius 3 is 1.89 bits per heavy atom. The van der Waals surface area contributed by atoms with Gasteiger partial charge in [-0.3, -0.25) is 4.79 Å². The highest BCUT2D eigenvalue weighted by Crippen LogP contribution is 2.45. The molecule has 2 aromatic heterocycles. The number of hydrogen-bond donors (Lipinski definition) is 0. The van der Waals surface area contributed by atoms with E-state index in [1.165, 1.54) is 38.7 Å². The van der Waals surface area contributed by atoms with Gasteiger partial charge >= 0.3 is 5.97 Å². The van der Waals surface area contributed by atoms with Gasteiger partial charge in [-0.2, -0.15) is 4.40 Å². The number of aromatic nitrogens is 1. The fourth-order valence-corrected chi connectivity index (χ4v) is 5.90. The van der Waals surface area contributed by atoms with Crippen LogP contribution in [0.2, 0.25) is 0 Å². The smallest absolute Gasteiger partial charge is 0.318 e. The van der Waals surface area contributed by atoms with E-state index < -0.39 is 16.4 Å². The first-order chi connectivity index (χ1) is 21.4. The monoisotopic (exact) mass is 623 g/mol. The highest BCUT2D eigenvalue weighted by molar-refractivity contribution is 7.81. The zero-order chi connectivity index (χ0) is 32.5. The molecule has 0 amide bonds. The molecule has 0 aliphatic carbocycles. The van der Waals surface area contributed by atoms with Gasteiger partial charge in [-0.1, -0.05) is 60.7 Å². The van der Waals surface area contributed by atoms with E-state index in [1.54, 1.807) is 14.2 Å². The lowest BCUT2D eigenvalue weighted by atomic mass is 9.95. The first-order valence-corrected chi connectivity index (χ1v) is 15.5. The van der Waals surface area contributed by atoms with Gasteiger partial charge in [0.1, 0.15) is 0 Å². The zero-order valence-electron chi connectivity index (χ0n) is 25.9. The molecule has 0 aliphatic heterocycles. The van der Waals surface area contributed by atoms with E-state index >= 15 is 0 Å². The van der Waals surface area contributed by atoms with Crippen LogP contribution in [0.25, 0.3) is 49.3 Å². The maximum Gasteiger partial charge on any atom is 0.318 e. The summed E-state index contributed by atoms with van der Waals surface area (Å²) < 4.78 is 45.7. The number of carbonyl (C=O) groups is 1. The molecule has 9 heteroatoms. The minimum Gasteiger partial charge on any atom is -0.716 e. The summed E-state index contributed by atoms with van der Waals surface area (Å²) in [7, 11) is -1.39. The molecule has 0 fully saturated rings. The van der Waals surface area contributed by atoms with Crippen LogP contribution in [0.3, 0.4) is 0 Å². The van der Waals surface area contributed by atoms with Crippen molar-refractivity contribution in [3.63, 3.8) is 0 Å². The lowest BCUT2D eigenvalue weighted by Crippen LogP contribution is -2.25. The molecule has 0 bridgehead atoms. The molecule has 0 saturated heterocycles. The zero-order valence-corrected chi connectivity index (χ0v) is 26.7. The van der Waals surface area contributed by atoms with Crippen molar-refractivity contribution in [1.29, 1.82) is 0 Å². The Kier molecular flexibility index (Phi) is 8.77. The predicted molar refractivity (Wildman–Crippen MR) is 174 cm³/mol. The summed E-state index contributed by atoms with van der Waals surface area (Å²) in [5.41, 5.74) is 9.46. The second kappa shape index (κ2) is 12.6. The van der Waals surface area contributed by atoms with Gasteiger partial charge in [0.05, 0.1) is 19.6 Å². The van der Waals surface area contributed by atoms with Crippen LogP contribution in [0.5, 0.6) is 11.5 Å². The quantitative estimate of drug-likeness (QED) is 0.0668. The molecule has 230 valence electrons. The van der Waals surface area contributed by atoms with Crippen LogP contribution >= 0.6 is 0 Å². The predicted octanol–water partition coefficient (Wildman–Crippen LogP) is 7.02. The van der Waals surface area contributed by atoms with E-state index in [9.17, 15) is 17.8 Å². The number of benzene rings is 4. The lowest BCUT2D eigenvalue weighted by Gasteiger charge is -2.16. The summed E-state index contributed by atoms with van der Waals surface area (Å²) in [6.45, 7) is 7.38.